The van der Waals surface area contributed by atoms with Crippen LogP contribution in [0.15, 0.2) is 47.4 Å². The second-order valence-electron chi connectivity index (χ2n) is 7.64. The number of nitrogens with zero attached hydrogens (tertiary/aromatic N) is 2. The van der Waals surface area contributed by atoms with Gasteiger partial charge in [-0.25, -0.2) is 8.42 Å². The lowest BCUT2D eigenvalue weighted by molar-refractivity contribution is -0.140. The van der Waals surface area contributed by atoms with Crippen molar-refractivity contribution in [3.8, 4) is 11.5 Å². The molecule has 8 nitrogen and oxygen atoms in total. The van der Waals surface area contributed by atoms with Crippen LogP contribution >= 0.6 is 0 Å². The Labute approximate surface area is 196 Å². The van der Waals surface area contributed by atoms with Gasteiger partial charge in [-0.05, 0) is 37.2 Å². The number of benzene rings is 2. The first-order valence-corrected chi connectivity index (χ1v) is 11.9. The van der Waals surface area contributed by atoms with Gasteiger partial charge < -0.3 is 14.8 Å². The number of ether oxygens (including phenoxy) is 2. The second kappa shape index (κ2) is 10.6. The quantitative estimate of drug-likeness (QED) is 0.628. The number of anilines is 1. The van der Waals surface area contributed by atoms with Crippen molar-refractivity contribution >= 4 is 21.6 Å². The fourth-order valence-corrected chi connectivity index (χ4v) is 5.39. The SMILES string of the molecule is COc1ccc(NC(=O)CN2CCCN(S(=O)(=O)c3ccccc3C(F)(F)F)CC2)c(OC)c1. The molecule has 0 aromatic heterocycles. The third-order valence-corrected chi connectivity index (χ3v) is 7.36. The Balaban J connectivity index is 1.66. The summed E-state index contributed by atoms with van der Waals surface area (Å²) in [4.78, 5) is 13.6. The standard InChI is InChI=1S/C22H26F3N3O5S/c1-32-16-8-9-18(19(14-16)33-2)26-21(29)15-27-10-5-11-28(13-12-27)34(30,31)20-7-4-3-6-17(20)22(23,24)25/h3-4,6-9,14H,5,10-13,15H2,1-2H3,(H,26,29). The summed E-state index contributed by atoms with van der Waals surface area (Å²) in [6.45, 7) is 0.621. The molecule has 186 valence electrons. The Kier molecular flexibility index (Phi) is 8.05. The topological polar surface area (TPSA) is 88.2 Å². The molecular weight excluding hydrogens is 475 g/mol. The molecule has 0 atom stereocenters. The molecule has 1 aliphatic rings. The molecule has 0 saturated carbocycles. The number of rotatable bonds is 7. The fourth-order valence-electron chi connectivity index (χ4n) is 3.71. The Morgan fingerprint density at radius 3 is 2.44 bits per heavy atom. The number of carbonyl (C=O) groups is 1. The zero-order valence-electron chi connectivity index (χ0n) is 18.8. The van der Waals surface area contributed by atoms with E-state index >= 15 is 0 Å². The van der Waals surface area contributed by atoms with E-state index in [-0.39, 0.29) is 32.1 Å². The minimum absolute atomic E-state index is 0.0117. The monoisotopic (exact) mass is 501 g/mol. The van der Waals surface area contributed by atoms with E-state index in [4.69, 9.17) is 9.47 Å². The van der Waals surface area contributed by atoms with Crippen LogP contribution in [0, 0.1) is 0 Å². The van der Waals surface area contributed by atoms with Crippen molar-refractivity contribution in [1.82, 2.24) is 9.21 Å². The van der Waals surface area contributed by atoms with E-state index < -0.39 is 26.7 Å². The van der Waals surface area contributed by atoms with Crippen LogP contribution in [0.25, 0.3) is 0 Å². The highest BCUT2D eigenvalue weighted by molar-refractivity contribution is 7.89. The molecule has 2 aromatic rings. The molecule has 2 aromatic carbocycles. The number of alkyl halides is 3. The minimum Gasteiger partial charge on any atom is -0.497 e. The third-order valence-electron chi connectivity index (χ3n) is 5.41. The largest absolute Gasteiger partial charge is 0.497 e. The first kappa shape index (κ1) is 25.8. The van der Waals surface area contributed by atoms with Crippen molar-refractivity contribution in [3.05, 3.63) is 48.0 Å². The molecule has 0 aliphatic carbocycles. The lowest BCUT2D eigenvalue weighted by atomic mass is 10.2. The molecule has 0 radical (unpaired) electrons. The van der Waals surface area contributed by atoms with Crippen LogP contribution in [0.2, 0.25) is 0 Å². The van der Waals surface area contributed by atoms with Gasteiger partial charge in [0, 0.05) is 25.7 Å². The van der Waals surface area contributed by atoms with Crippen LogP contribution in [-0.2, 0) is 21.0 Å². The lowest BCUT2D eigenvalue weighted by Gasteiger charge is -2.23. The van der Waals surface area contributed by atoms with E-state index in [9.17, 15) is 26.4 Å². The predicted octanol–water partition coefficient (Wildman–Crippen LogP) is 3.06. The maximum Gasteiger partial charge on any atom is 0.417 e. The van der Waals surface area contributed by atoms with Crippen LogP contribution in [0.5, 0.6) is 11.5 Å². The smallest absolute Gasteiger partial charge is 0.417 e. The van der Waals surface area contributed by atoms with Gasteiger partial charge in [0.1, 0.15) is 11.5 Å². The van der Waals surface area contributed by atoms with Crippen LogP contribution in [0.3, 0.4) is 0 Å². The Bertz CT molecular complexity index is 1130. The van der Waals surface area contributed by atoms with Crippen LogP contribution in [0.1, 0.15) is 12.0 Å². The number of hydrogen-bond acceptors (Lipinski definition) is 6. The molecule has 1 amide bonds. The molecule has 0 spiro atoms. The van der Waals surface area contributed by atoms with Crippen LogP contribution < -0.4 is 14.8 Å². The average Bonchev–Trinajstić information content (AvgIpc) is 3.04. The van der Waals surface area contributed by atoms with E-state index in [0.29, 0.717) is 30.2 Å². The van der Waals surface area contributed by atoms with Gasteiger partial charge in [-0.2, -0.15) is 17.5 Å². The molecular formula is C22H26F3N3O5S. The summed E-state index contributed by atoms with van der Waals surface area (Å²) in [5.41, 5.74) is -0.736. The van der Waals surface area contributed by atoms with Crippen molar-refractivity contribution in [3.63, 3.8) is 0 Å². The van der Waals surface area contributed by atoms with Gasteiger partial charge in [0.05, 0.1) is 36.9 Å². The van der Waals surface area contributed by atoms with Crippen molar-refractivity contribution < 1.29 is 35.9 Å². The fraction of sp³-hybridized carbons (Fsp3) is 0.409. The number of hydrogen-bond donors (Lipinski definition) is 1. The highest BCUT2D eigenvalue weighted by atomic mass is 32.2. The molecule has 34 heavy (non-hydrogen) atoms. The van der Waals surface area contributed by atoms with Crippen molar-refractivity contribution in [1.29, 1.82) is 0 Å². The maximum atomic E-state index is 13.4. The van der Waals surface area contributed by atoms with Gasteiger partial charge in [-0.3, -0.25) is 9.69 Å². The second-order valence-corrected chi connectivity index (χ2v) is 9.55. The normalized spacial score (nSPS) is 16.0. The highest BCUT2D eigenvalue weighted by Gasteiger charge is 2.39. The molecule has 12 heteroatoms. The Morgan fingerprint density at radius 1 is 1.03 bits per heavy atom. The first-order chi connectivity index (χ1) is 16.1. The average molecular weight is 502 g/mol. The predicted molar refractivity (Wildman–Crippen MR) is 119 cm³/mol. The van der Waals surface area contributed by atoms with Gasteiger partial charge in [-0.1, -0.05) is 12.1 Å². The molecule has 1 saturated heterocycles. The summed E-state index contributed by atoms with van der Waals surface area (Å²) in [6.07, 6.45) is -4.42. The summed E-state index contributed by atoms with van der Waals surface area (Å²) in [5, 5.41) is 2.75. The van der Waals surface area contributed by atoms with E-state index in [1.54, 1.807) is 23.1 Å². The molecule has 1 N–H and O–H groups in total. The number of halogens is 3. The van der Waals surface area contributed by atoms with E-state index in [2.05, 4.69) is 5.32 Å². The van der Waals surface area contributed by atoms with Gasteiger partial charge in [0.2, 0.25) is 15.9 Å². The zero-order valence-corrected chi connectivity index (χ0v) is 19.6. The summed E-state index contributed by atoms with van der Waals surface area (Å²) >= 11 is 0. The van der Waals surface area contributed by atoms with Crippen molar-refractivity contribution in [2.75, 3.05) is 52.3 Å². The first-order valence-electron chi connectivity index (χ1n) is 10.5. The van der Waals surface area contributed by atoms with E-state index in [1.165, 1.54) is 20.3 Å². The highest BCUT2D eigenvalue weighted by Crippen LogP contribution is 2.35. The molecule has 1 fully saturated rings. The molecule has 1 aliphatic heterocycles. The third kappa shape index (κ3) is 5.99. The number of nitrogens with one attached hydrogen (secondary N) is 1. The number of carbonyl (C=O) groups excluding carboxylic acids is 1. The number of amides is 1. The van der Waals surface area contributed by atoms with E-state index in [1.807, 2.05) is 0 Å². The molecule has 3 rings (SSSR count). The van der Waals surface area contributed by atoms with Crippen molar-refractivity contribution in [2.45, 2.75) is 17.5 Å². The maximum absolute atomic E-state index is 13.4. The summed E-state index contributed by atoms with van der Waals surface area (Å²) in [6, 6.07) is 9.09. The lowest BCUT2D eigenvalue weighted by Crippen LogP contribution is -2.38. The number of sulfonamides is 1. The summed E-state index contributed by atoms with van der Waals surface area (Å²) < 4.78 is 77.5. The molecule has 0 unspecified atom stereocenters. The van der Waals surface area contributed by atoms with Crippen molar-refractivity contribution in [2.24, 2.45) is 0 Å². The molecule has 0 bridgehead atoms. The minimum atomic E-state index is -4.79. The Hall–Kier alpha value is -2.83. The Morgan fingerprint density at radius 2 is 1.76 bits per heavy atom. The summed E-state index contributed by atoms with van der Waals surface area (Å²) in [5.74, 6) is 0.655. The van der Waals surface area contributed by atoms with Gasteiger partial charge in [0.25, 0.3) is 0 Å². The number of methoxy groups -OCH3 is 2. The van der Waals surface area contributed by atoms with E-state index in [0.717, 1.165) is 22.5 Å². The molecule has 1 heterocycles. The van der Waals surface area contributed by atoms with Gasteiger partial charge >= 0.3 is 6.18 Å². The summed E-state index contributed by atoms with van der Waals surface area (Å²) in [7, 11) is -1.38. The van der Waals surface area contributed by atoms with Crippen LogP contribution in [0.4, 0.5) is 18.9 Å². The van der Waals surface area contributed by atoms with Gasteiger partial charge in [0.15, 0.2) is 0 Å². The van der Waals surface area contributed by atoms with Gasteiger partial charge in [-0.15, -0.1) is 0 Å². The zero-order chi connectivity index (χ0) is 24.9. The van der Waals surface area contributed by atoms with Crippen LogP contribution in [-0.4, -0.2) is 70.5 Å².